The minimum absolute atomic E-state index is 0.0676. The highest BCUT2D eigenvalue weighted by Crippen LogP contribution is 2.58. The van der Waals surface area contributed by atoms with Crippen molar-refractivity contribution in [2.45, 2.75) is 31.0 Å². The molecule has 6 nitrogen and oxygen atoms in total. The zero-order valence-corrected chi connectivity index (χ0v) is 15.8. The topological polar surface area (TPSA) is 42.8 Å². The molecule has 0 amide bonds. The second kappa shape index (κ2) is 6.27. The Morgan fingerprint density at radius 3 is 2.52 bits per heavy atom. The van der Waals surface area contributed by atoms with Crippen LogP contribution in [-0.4, -0.2) is 72.0 Å². The molecule has 4 heterocycles. The van der Waals surface area contributed by atoms with Crippen LogP contribution < -0.4 is 0 Å². The standard InChI is InChI=1S/C21H28N4O2/c1-2-6-18-17(5-1)22-20-19(23-8-12-26-13-9-23)16-4-3-7-21(16,25(18)20)24-10-14-27-15-11-24/h1-2,5-6,16,19H,3-4,7-15H2. The number of para-hydroxylation sites is 2. The Balaban J connectivity index is 1.55. The van der Waals surface area contributed by atoms with Crippen LogP contribution in [0.15, 0.2) is 24.3 Å². The predicted octanol–water partition coefficient (Wildman–Crippen LogP) is 2.21. The third-order valence-electron chi connectivity index (χ3n) is 7.27. The molecule has 0 N–H and O–H groups in total. The van der Waals surface area contributed by atoms with Crippen molar-refractivity contribution in [2.75, 3.05) is 52.6 Å². The van der Waals surface area contributed by atoms with E-state index in [1.54, 1.807) is 0 Å². The van der Waals surface area contributed by atoms with Crippen LogP contribution in [0.2, 0.25) is 0 Å². The highest BCUT2D eigenvalue weighted by atomic mass is 16.5. The Kier molecular flexibility index (Phi) is 3.83. The van der Waals surface area contributed by atoms with E-state index in [-0.39, 0.29) is 5.66 Å². The summed E-state index contributed by atoms with van der Waals surface area (Å²) in [6.07, 6.45) is 3.82. The molecule has 27 heavy (non-hydrogen) atoms. The van der Waals surface area contributed by atoms with Crippen molar-refractivity contribution < 1.29 is 9.47 Å². The van der Waals surface area contributed by atoms with Gasteiger partial charge in [0.25, 0.3) is 0 Å². The molecule has 3 unspecified atom stereocenters. The van der Waals surface area contributed by atoms with E-state index in [9.17, 15) is 0 Å². The average Bonchev–Trinajstić information content (AvgIpc) is 3.38. The molecule has 2 saturated heterocycles. The van der Waals surface area contributed by atoms with Gasteiger partial charge in [-0.2, -0.15) is 0 Å². The summed E-state index contributed by atoms with van der Waals surface area (Å²) in [6, 6.07) is 9.13. The second-order valence-corrected chi connectivity index (χ2v) is 8.36. The van der Waals surface area contributed by atoms with Gasteiger partial charge >= 0.3 is 0 Å². The number of ether oxygens (including phenoxy) is 2. The highest BCUT2D eigenvalue weighted by molar-refractivity contribution is 5.77. The van der Waals surface area contributed by atoms with Gasteiger partial charge in [0.05, 0.1) is 43.5 Å². The first kappa shape index (κ1) is 16.5. The van der Waals surface area contributed by atoms with Gasteiger partial charge in [-0.05, 0) is 31.4 Å². The van der Waals surface area contributed by atoms with Gasteiger partial charge in [-0.15, -0.1) is 0 Å². The minimum Gasteiger partial charge on any atom is -0.379 e. The molecule has 1 aliphatic carbocycles. The summed E-state index contributed by atoms with van der Waals surface area (Å²) in [5.41, 5.74) is 2.52. The molecule has 144 valence electrons. The van der Waals surface area contributed by atoms with Crippen LogP contribution in [0.5, 0.6) is 0 Å². The summed E-state index contributed by atoms with van der Waals surface area (Å²) in [4.78, 5) is 10.6. The molecule has 6 rings (SSSR count). The lowest BCUT2D eigenvalue weighted by molar-refractivity contribution is -0.0821. The summed E-state index contributed by atoms with van der Waals surface area (Å²) < 4.78 is 14.0. The van der Waals surface area contributed by atoms with E-state index in [2.05, 4.69) is 38.6 Å². The highest BCUT2D eigenvalue weighted by Gasteiger charge is 2.60. The van der Waals surface area contributed by atoms with Gasteiger partial charge in [0.2, 0.25) is 0 Å². The van der Waals surface area contributed by atoms with Gasteiger partial charge in [0, 0.05) is 32.1 Å². The Morgan fingerprint density at radius 1 is 0.963 bits per heavy atom. The number of morpholine rings is 2. The van der Waals surface area contributed by atoms with Crippen molar-refractivity contribution in [3.05, 3.63) is 30.1 Å². The van der Waals surface area contributed by atoms with Gasteiger partial charge < -0.3 is 14.0 Å². The van der Waals surface area contributed by atoms with E-state index in [4.69, 9.17) is 14.5 Å². The lowest BCUT2D eigenvalue weighted by Crippen LogP contribution is -2.55. The molecule has 3 atom stereocenters. The first-order valence-corrected chi connectivity index (χ1v) is 10.5. The fourth-order valence-corrected chi connectivity index (χ4v) is 6.27. The maximum atomic E-state index is 5.71. The van der Waals surface area contributed by atoms with Gasteiger partial charge in [0.1, 0.15) is 11.5 Å². The molecule has 4 aliphatic rings. The molecular formula is C21H28N4O2. The van der Waals surface area contributed by atoms with E-state index >= 15 is 0 Å². The van der Waals surface area contributed by atoms with Gasteiger partial charge in [-0.1, -0.05) is 12.1 Å². The summed E-state index contributed by atoms with van der Waals surface area (Å²) in [6.45, 7) is 7.46. The van der Waals surface area contributed by atoms with E-state index < -0.39 is 0 Å². The molecule has 3 fully saturated rings. The zero-order valence-electron chi connectivity index (χ0n) is 15.8. The SMILES string of the molecule is c1ccc2c(c1)nc1n2C2(N3CCOCC3)CCCC2C1N1CCOCC1. The van der Waals surface area contributed by atoms with Gasteiger partial charge in [-0.3, -0.25) is 9.80 Å². The maximum absolute atomic E-state index is 5.71. The Hall–Kier alpha value is -1.47. The fraction of sp³-hybridized carbons (Fsp3) is 0.667. The first-order valence-electron chi connectivity index (χ1n) is 10.5. The first-order chi connectivity index (χ1) is 13.4. The second-order valence-electron chi connectivity index (χ2n) is 8.36. The van der Waals surface area contributed by atoms with Crippen LogP contribution in [0.3, 0.4) is 0 Å². The Morgan fingerprint density at radius 2 is 1.70 bits per heavy atom. The van der Waals surface area contributed by atoms with E-state index in [0.29, 0.717) is 12.0 Å². The molecule has 6 heteroatoms. The molecule has 0 spiro atoms. The quantitative estimate of drug-likeness (QED) is 0.813. The Labute approximate surface area is 160 Å². The summed E-state index contributed by atoms with van der Waals surface area (Å²) >= 11 is 0. The number of aromatic nitrogens is 2. The molecule has 1 saturated carbocycles. The summed E-state index contributed by atoms with van der Waals surface area (Å²) in [5, 5.41) is 0. The monoisotopic (exact) mass is 368 g/mol. The zero-order chi connectivity index (χ0) is 17.8. The van der Waals surface area contributed by atoms with E-state index in [1.165, 1.54) is 30.6 Å². The maximum Gasteiger partial charge on any atom is 0.129 e. The van der Waals surface area contributed by atoms with Crippen molar-refractivity contribution >= 4 is 11.0 Å². The molecule has 0 bridgehead atoms. The minimum atomic E-state index is 0.0676. The third-order valence-corrected chi connectivity index (χ3v) is 7.27. The normalized spacial score (nSPS) is 34.8. The van der Waals surface area contributed by atoms with Crippen molar-refractivity contribution in [1.82, 2.24) is 19.4 Å². The Bertz CT molecular complexity index is 840. The third kappa shape index (κ3) is 2.24. The van der Waals surface area contributed by atoms with Crippen LogP contribution in [0.25, 0.3) is 11.0 Å². The molecule has 3 aliphatic heterocycles. The lowest BCUT2D eigenvalue weighted by atomic mass is 9.89. The average molecular weight is 368 g/mol. The van der Waals surface area contributed by atoms with Crippen LogP contribution >= 0.6 is 0 Å². The van der Waals surface area contributed by atoms with Crippen molar-refractivity contribution in [2.24, 2.45) is 5.92 Å². The number of rotatable bonds is 2. The number of benzene rings is 1. The van der Waals surface area contributed by atoms with E-state index in [0.717, 1.165) is 58.1 Å². The van der Waals surface area contributed by atoms with Crippen LogP contribution in [0.4, 0.5) is 0 Å². The number of hydrogen-bond acceptors (Lipinski definition) is 5. The van der Waals surface area contributed by atoms with Crippen molar-refractivity contribution in [1.29, 1.82) is 0 Å². The predicted molar refractivity (Wildman–Crippen MR) is 103 cm³/mol. The summed E-state index contributed by atoms with van der Waals surface area (Å²) in [5.74, 6) is 1.90. The molecular weight excluding hydrogens is 340 g/mol. The summed E-state index contributed by atoms with van der Waals surface area (Å²) in [7, 11) is 0. The number of nitrogens with zero attached hydrogens (tertiary/aromatic N) is 4. The smallest absolute Gasteiger partial charge is 0.129 e. The van der Waals surface area contributed by atoms with Crippen LogP contribution in [0.1, 0.15) is 31.1 Å². The number of fused-ring (bicyclic) bond motifs is 5. The molecule has 2 aromatic rings. The van der Waals surface area contributed by atoms with Crippen LogP contribution in [-0.2, 0) is 15.1 Å². The van der Waals surface area contributed by atoms with Crippen molar-refractivity contribution in [3.63, 3.8) is 0 Å². The van der Waals surface area contributed by atoms with Gasteiger partial charge in [-0.25, -0.2) is 4.98 Å². The molecule has 0 radical (unpaired) electrons. The number of hydrogen-bond donors (Lipinski definition) is 0. The number of imidazole rings is 1. The largest absolute Gasteiger partial charge is 0.379 e. The van der Waals surface area contributed by atoms with Gasteiger partial charge in [0.15, 0.2) is 0 Å². The molecule has 1 aromatic heterocycles. The van der Waals surface area contributed by atoms with E-state index in [1.807, 2.05) is 0 Å². The lowest BCUT2D eigenvalue weighted by Gasteiger charge is -2.46. The van der Waals surface area contributed by atoms with Crippen LogP contribution in [0, 0.1) is 5.92 Å². The molecule has 1 aromatic carbocycles. The fourth-order valence-electron chi connectivity index (χ4n) is 6.27. The van der Waals surface area contributed by atoms with Crippen molar-refractivity contribution in [3.8, 4) is 0 Å².